The van der Waals surface area contributed by atoms with E-state index in [2.05, 4.69) is 10.2 Å². The Morgan fingerprint density at radius 1 is 1.35 bits per heavy atom. The summed E-state index contributed by atoms with van der Waals surface area (Å²) in [6.07, 6.45) is 4.61. The zero-order valence-electron chi connectivity index (χ0n) is 14.1. The van der Waals surface area contributed by atoms with E-state index >= 15 is 0 Å². The lowest BCUT2D eigenvalue weighted by molar-refractivity contribution is -0.132. The van der Waals surface area contributed by atoms with Gasteiger partial charge in [-0.1, -0.05) is 0 Å². The molecule has 0 aromatic rings. The summed E-state index contributed by atoms with van der Waals surface area (Å²) < 4.78 is 5.41. The fourth-order valence-corrected chi connectivity index (χ4v) is 2.69. The molecule has 2 aliphatic rings. The maximum absolute atomic E-state index is 12.1. The smallest absolute Gasteiger partial charge is 0.410 e. The van der Waals surface area contributed by atoms with Crippen molar-refractivity contribution in [3.8, 4) is 0 Å². The molecule has 2 heterocycles. The van der Waals surface area contributed by atoms with Crippen LogP contribution >= 0.6 is 0 Å². The quantitative estimate of drug-likeness (QED) is 0.799. The number of ether oxygens (including phenoxy) is 1. The van der Waals surface area contributed by atoms with Crippen molar-refractivity contribution in [3.63, 3.8) is 0 Å². The molecule has 2 N–H and O–H groups in total. The summed E-state index contributed by atoms with van der Waals surface area (Å²) in [5.41, 5.74) is -0.260. The summed E-state index contributed by atoms with van der Waals surface area (Å²) in [6.45, 7) is 9.47. The van der Waals surface area contributed by atoms with Crippen LogP contribution < -0.4 is 5.32 Å². The molecular weight excluding hydrogens is 298 g/mol. The van der Waals surface area contributed by atoms with Gasteiger partial charge < -0.3 is 20.1 Å². The van der Waals surface area contributed by atoms with Crippen LogP contribution in [-0.2, 0) is 9.53 Å². The first-order valence-electron chi connectivity index (χ1n) is 7.79. The number of piperazine rings is 1. The van der Waals surface area contributed by atoms with Crippen LogP contribution in [0.5, 0.6) is 0 Å². The van der Waals surface area contributed by atoms with Crippen molar-refractivity contribution >= 4 is 12.1 Å². The van der Waals surface area contributed by atoms with E-state index in [0.29, 0.717) is 19.6 Å². The summed E-state index contributed by atoms with van der Waals surface area (Å²) in [5, 5.41) is 12.0. The molecule has 2 aliphatic heterocycles. The van der Waals surface area contributed by atoms with Crippen LogP contribution in [-0.4, -0.2) is 64.4 Å². The first kappa shape index (κ1) is 17.3. The van der Waals surface area contributed by atoms with Crippen LogP contribution in [0.15, 0.2) is 23.9 Å². The number of aliphatic carboxylic acids is 1. The van der Waals surface area contributed by atoms with Crippen molar-refractivity contribution in [3.05, 3.63) is 23.9 Å². The third-order valence-corrected chi connectivity index (χ3v) is 3.80. The Balaban J connectivity index is 1.92. The summed E-state index contributed by atoms with van der Waals surface area (Å²) in [7, 11) is 0. The van der Waals surface area contributed by atoms with E-state index in [9.17, 15) is 9.59 Å². The van der Waals surface area contributed by atoms with Gasteiger partial charge in [0.2, 0.25) is 0 Å². The van der Waals surface area contributed by atoms with Gasteiger partial charge in [0, 0.05) is 31.9 Å². The average Bonchev–Trinajstić information content (AvgIpc) is 2.45. The number of nitrogens with zero attached hydrogens (tertiary/aromatic N) is 2. The van der Waals surface area contributed by atoms with Gasteiger partial charge in [-0.25, -0.2) is 9.59 Å². The minimum atomic E-state index is -0.949. The third kappa shape index (κ3) is 4.48. The van der Waals surface area contributed by atoms with Crippen molar-refractivity contribution in [2.24, 2.45) is 0 Å². The third-order valence-electron chi connectivity index (χ3n) is 3.80. The maximum atomic E-state index is 12.1. The first-order valence-corrected chi connectivity index (χ1v) is 7.79. The van der Waals surface area contributed by atoms with E-state index in [4.69, 9.17) is 9.84 Å². The Bertz CT molecular complexity index is 536. The minimum absolute atomic E-state index is 0.0612. The molecule has 2 rings (SSSR count). The summed E-state index contributed by atoms with van der Waals surface area (Å²) >= 11 is 0. The molecule has 7 nitrogen and oxygen atoms in total. The van der Waals surface area contributed by atoms with Crippen LogP contribution in [0.4, 0.5) is 4.79 Å². The fourth-order valence-electron chi connectivity index (χ4n) is 2.69. The van der Waals surface area contributed by atoms with E-state index < -0.39 is 11.6 Å². The molecule has 0 aromatic heterocycles. The van der Waals surface area contributed by atoms with Crippen LogP contribution in [0, 0.1) is 0 Å². The SMILES string of the molecule is C[C@@H]1CN(C(=O)OC(C)(C)C)CCN1C1C=CC(C(=O)O)=CN1. The highest BCUT2D eigenvalue weighted by Crippen LogP contribution is 2.18. The summed E-state index contributed by atoms with van der Waals surface area (Å²) in [6, 6.07) is 0.137. The van der Waals surface area contributed by atoms with Crippen molar-refractivity contribution in [2.45, 2.75) is 45.5 Å². The maximum Gasteiger partial charge on any atom is 0.410 e. The van der Waals surface area contributed by atoms with Gasteiger partial charge in [-0.2, -0.15) is 0 Å². The molecule has 0 spiro atoms. The lowest BCUT2D eigenvalue weighted by atomic mass is 10.1. The molecule has 0 aromatic carbocycles. The van der Waals surface area contributed by atoms with Crippen molar-refractivity contribution in [1.29, 1.82) is 0 Å². The number of carbonyl (C=O) groups excluding carboxylic acids is 1. The number of carboxylic acids is 1. The topological polar surface area (TPSA) is 82.1 Å². The predicted octanol–water partition coefficient (Wildman–Crippen LogP) is 1.38. The van der Waals surface area contributed by atoms with Gasteiger partial charge in [-0.05, 0) is 39.8 Å². The largest absolute Gasteiger partial charge is 0.478 e. The minimum Gasteiger partial charge on any atom is -0.478 e. The van der Waals surface area contributed by atoms with Gasteiger partial charge in [0.25, 0.3) is 0 Å². The van der Waals surface area contributed by atoms with Gasteiger partial charge in [0.1, 0.15) is 5.60 Å². The lowest BCUT2D eigenvalue weighted by Crippen LogP contribution is -2.59. The second-order valence-electron chi connectivity index (χ2n) is 6.89. The normalized spacial score (nSPS) is 25.6. The van der Waals surface area contributed by atoms with E-state index in [1.165, 1.54) is 6.20 Å². The molecule has 128 valence electrons. The lowest BCUT2D eigenvalue weighted by Gasteiger charge is -2.43. The van der Waals surface area contributed by atoms with E-state index in [1.807, 2.05) is 33.8 Å². The highest BCUT2D eigenvalue weighted by Gasteiger charge is 2.32. The van der Waals surface area contributed by atoms with Crippen LogP contribution in [0.1, 0.15) is 27.7 Å². The second kappa shape index (κ2) is 6.62. The Hall–Kier alpha value is -2.02. The molecule has 23 heavy (non-hydrogen) atoms. The van der Waals surface area contributed by atoms with E-state index in [-0.39, 0.29) is 23.9 Å². The number of rotatable bonds is 2. The molecule has 1 unspecified atom stereocenters. The number of carboxylic acid groups (broad SMARTS) is 1. The number of hydrogen-bond donors (Lipinski definition) is 2. The number of amides is 1. The van der Waals surface area contributed by atoms with Crippen molar-refractivity contribution in [1.82, 2.24) is 15.1 Å². The zero-order chi connectivity index (χ0) is 17.2. The standard InChI is InChI=1S/C16H25N3O4/c1-11-10-18(15(22)23-16(2,3)4)7-8-19(11)13-6-5-12(9-17-13)14(20)21/h5-6,9,11,13,17H,7-8,10H2,1-4H3,(H,20,21)/t11-,13?/m1/s1. The molecular formula is C16H25N3O4. The number of dihydropyridines is 1. The van der Waals surface area contributed by atoms with E-state index in [0.717, 1.165) is 0 Å². The van der Waals surface area contributed by atoms with Crippen LogP contribution in [0.3, 0.4) is 0 Å². The van der Waals surface area contributed by atoms with Gasteiger partial charge in [-0.3, -0.25) is 4.90 Å². The Labute approximate surface area is 136 Å². The van der Waals surface area contributed by atoms with Crippen LogP contribution in [0.2, 0.25) is 0 Å². The number of carbonyl (C=O) groups is 2. The number of nitrogens with one attached hydrogen (secondary N) is 1. The zero-order valence-corrected chi connectivity index (χ0v) is 14.1. The van der Waals surface area contributed by atoms with E-state index in [1.54, 1.807) is 11.0 Å². The molecule has 0 radical (unpaired) electrons. The second-order valence-corrected chi connectivity index (χ2v) is 6.89. The Morgan fingerprint density at radius 2 is 2.04 bits per heavy atom. The molecule has 0 bridgehead atoms. The molecule has 0 saturated carbocycles. The van der Waals surface area contributed by atoms with Gasteiger partial charge in [0.05, 0.1) is 11.7 Å². The highest BCUT2D eigenvalue weighted by atomic mass is 16.6. The number of hydrogen-bond acceptors (Lipinski definition) is 5. The molecule has 7 heteroatoms. The Kier molecular flexibility index (Phi) is 4.99. The molecule has 1 amide bonds. The van der Waals surface area contributed by atoms with Gasteiger partial charge in [-0.15, -0.1) is 0 Å². The monoisotopic (exact) mass is 323 g/mol. The van der Waals surface area contributed by atoms with Gasteiger partial charge >= 0.3 is 12.1 Å². The van der Waals surface area contributed by atoms with Gasteiger partial charge in [0.15, 0.2) is 0 Å². The molecule has 2 atom stereocenters. The molecule has 1 fully saturated rings. The van der Waals surface area contributed by atoms with Crippen molar-refractivity contribution in [2.75, 3.05) is 19.6 Å². The summed E-state index contributed by atoms with van der Waals surface area (Å²) in [5.74, 6) is -0.949. The first-order chi connectivity index (χ1) is 10.7. The summed E-state index contributed by atoms with van der Waals surface area (Å²) in [4.78, 5) is 27.0. The molecule has 1 saturated heterocycles. The molecule has 0 aliphatic carbocycles. The van der Waals surface area contributed by atoms with Crippen molar-refractivity contribution < 1.29 is 19.4 Å². The average molecular weight is 323 g/mol. The van der Waals surface area contributed by atoms with Crippen LogP contribution in [0.25, 0.3) is 0 Å². The predicted molar refractivity (Wildman–Crippen MR) is 85.8 cm³/mol. The fraction of sp³-hybridized carbons (Fsp3) is 0.625. The highest BCUT2D eigenvalue weighted by molar-refractivity contribution is 5.89. The Morgan fingerprint density at radius 3 is 2.52 bits per heavy atom.